The summed E-state index contributed by atoms with van der Waals surface area (Å²) in [7, 11) is 0. The maximum Gasteiger partial charge on any atom is 0.573 e. The third-order valence-electron chi connectivity index (χ3n) is 3.44. The largest absolute Gasteiger partial charge is 0.573 e. The molecule has 1 fully saturated rings. The molecule has 0 N–H and O–H groups in total. The summed E-state index contributed by atoms with van der Waals surface area (Å²) < 4.78 is 51.7. The molecule has 0 atom stereocenters. The number of carbonyl (C=O) groups is 1. The van der Waals surface area contributed by atoms with E-state index in [0.29, 0.717) is 31.7 Å². The van der Waals surface area contributed by atoms with E-state index in [0.717, 1.165) is 0 Å². The summed E-state index contributed by atoms with van der Waals surface area (Å²) in [4.78, 5) is 13.6. The zero-order valence-electron chi connectivity index (χ0n) is 14.4. The fourth-order valence-corrected chi connectivity index (χ4v) is 2.42. The van der Waals surface area contributed by atoms with Crippen molar-refractivity contribution in [2.45, 2.75) is 51.7 Å². The molecule has 2 rings (SSSR count). The molecule has 8 heteroatoms. The third kappa shape index (κ3) is 6.72. The van der Waals surface area contributed by atoms with Gasteiger partial charge in [-0.25, -0.2) is 4.79 Å². The Morgan fingerprint density at radius 2 is 1.72 bits per heavy atom. The first-order valence-corrected chi connectivity index (χ1v) is 8.02. The molecule has 1 aliphatic heterocycles. The van der Waals surface area contributed by atoms with E-state index in [4.69, 9.17) is 9.47 Å². The lowest BCUT2D eigenvalue weighted by molar-refractivity contribution is -0.274. The average molecular weight is 361 g/mol. The number of likely N-dealkylation sites (tertiary alicyclic amines) is 1. The summed E-state index contributed by atoms with van der Waals surface area (Å²) in [6.07, 6.45) is -4.14. The van der Waals surface area contributed by atoms with E-state index in [1.54, 1.807) is 31.7 Å². The minimum atomic E-state index is -4.74. The van der Waals surface area contributed by atoms with Crippen LogP contribution in [0.25, 0.3) is 0 Å². The van der Waals surface area contributed by atoms with Crippen LogP contribution in [0.4, 0.5) is 18.0 Å². The number of piperidine rings is 1. The Kier molecular flexibility index (Phi) is 5.69. The quantitative estimate of drug-likeness (QED) is 0.802. The molecule has 0 aliphatic carbocycles. The number of nitrogens with zero attached hydrogens (tertiary/aromatic N) is 1. The maximum absolute atomic E-state index is 12.3. The van der Waals surface area contributed by atoms with Crippen molar-refractivity contribution in [3.05, 3.63) is 24.3 Å². The van der Waals surface area contributed by atoms with E-state index < -0.39 is 12.0 Å². The van der Waals surface area contributed by atoms with Crippen molar-refractivity contribution in [2.24, 2.45) is 0 Å². The van der Waals surface area contributed by atoms with Gasteiger partial charge in [-0.05, 0) is 32.9 Å². The second-order valence-corrected chi connectivity index (χ2v) is 6.81. The monoisotopic (exact) mass is 361 g/mol. The smallest absolute Gasteiger partial charge is 0.490 e. The Bertz CT molecular complexity index is 590. The zero-order valence-corrected chi connectivity index (χ0v) is 14.4. The van der Waals surface area contributed by atoms with Crippen LogP contribution in [0, 0.1) is 0 Å². The molecule has 1 aromatic rings. The van der Waals surface area contributed by atoms with Gasteiger partial charge in [0.25, 0.3) is 0 Å². The molecule has 1 aliphatic rings. The molecule has 140 valence electrons. The van der Waals surface area contributed by atoms with E-state index in [2.05, 4.69) is 4.74 Å². The summed E-state index contributed by atoms with van der Waals surface area (Å²) in [6.45, 7) is 6.35. The van der Waals surface area contributed by atoms with Gasteiger partial charge < -0.3 is 19.1 Å². The predicted molar refractivity (Wildman–Crippen MR) is 84.6 cm³/mol. The fourth-order valence-electron chi connectivity index (χ4n) is 2.42. The Labute approximate surface area is 144 Å². The molecule has 0 bridgehead atoms. The molecule has 25 heavy (non-hydrogen) atoms. The van der Waals surface area contributed by atoms with Gasteiger partial charge >= 0.3 is 12.5 Å². The molecule has 0 spiro atoms. The first-order valence-electron chi connectivity index (χ1n) is 8.02. The number of hydrogen-bond acceptors (Lipinski definition) is 4. The number of benzene rings is 1. The first kappa shape index (κ1) is 19.2. The topological polar surface area (TPSA) is 48.0 Å². The maximum atomic E-state index is 12.3. The second-order valence-electron chi connectivity index (χ2n) is 6.81. The van der Waals surface area contributed by atoms with Gasteiger partial charge in [-0.15, -0.1) is 13.2 Å². The predicted octanol–water partition coefficient (Wildman–Crippen LogP) is 4.36. The normalized spacial score (nSPS) is 16.5. The zero-order chi connectivity index (χ0) is 18.7. The van der Waals surface area contributed by atoms with E-state index in [-0.39, 0.29) is 17.9 Å². The van der Waals surface area contributed by atoms with E-state index >= 15 is 0 Å². The number of ether oxygens (including phenoxy) is 3. The molecular formula is C17H22F3NO4. The number of hydrogen-bond donors (Lipinski definition) is 0. The van der Waals surface area contributed by atoms with Gasteiger partial charge in [-0.3, -0.25) is 0 Å². The highest BCUT2D eigenvalue weighted by Crippen LogP contribution is 2.28. The van der Waals surface area contributed by atoms with E-state index in [1.165, 1.54) is 18.2 Å². The average Bonchev–Trinajstić information content (AvgIpc) is 2.44. The Morgan fingerprint density at radius 3 is 2.28 bits per heavy atom. The SMILES string of the molecule is CC(C)(C)OC(=O)N1CCC(Oc2cccc(OC(F)(F)F)c2)CC1. The lowest BCUT2D eigenvalue weighted by Gasteiger charge is -2.33. The van der Waals surface area contributed by atoms with Crippen molar-refractivity contribution in [1.82, 2.24) is 4.90 Å². The lowest BCUT2D eigenvalue weighted by Crippen LogP contribution is -2.44. The van der Waals surface area contributed by atoms with Crippen LogP contribution in [0.5, 0.6) is 11.5 Å². The van der Waals surface area contributed by atoms with Gasteiger partial charge in [-0.2, -0.15) is 0 Å². The minimum absolute atomic E-state index is 0.181. The van der Waals surface area contributed by atoms with Crippen molar-refractivity contribution in [3.63, 3.8) is 0 Å². The summed E-state index contributed by atoms with van der Waals surface area (Å²) in [5.74, 6) is -0.0198. The number of halogens is 3. The highest BCUT2D eigenvalue weighted by molar-refractivity contribution is 5.68. The van der Waals surface area contributed by atoms with Gasteiger partial charge in [0, 0.05) is 32.0 Å². The number of rotatable bonds is 3. The van der Waals surface area contributed by atoms with Crippen molar-refractivity contribution in [1.29, 1.82) is 0 Å². The summed E-state index contributed by atoms with van der Waals surface area (Å²) in [5, 5.41) is 0. The Balaban J connectivity index is 1.86. The van der Waals surface area contributed by atoms with Crippen LogP contribution in [-0.4, -0.2) is 42.2 Å². The minimum Gasteiger partial charge on any atom is -0.490 e. The lowest BCUT2D eigenvalue weighted by atomic mass is 10.1. The Morgan fingerprint density at radius 1 is 1.12 bits per heavy atom. The molecule has 0 saturated carbocycles. The molecule has 0 aromatic heterocycles. The first-order chi connectivity index (χ1) is 11.5. The standard InChI is InChI=1S/C17H22F3NO4/c1-16(2,3)25-15(22)21-9-7-12(8-10-21)23-13-5-4-6-14(11-13)24-17(18,19)20/h4-6,11-12H,7-10H2,1-3H3. The van der Waals surface area contributed by atoms with Crippen LogP contribution in [0.15, 0.2) is 24.3 Å². The molecule has 1 heterocycles. The molecule has 0 radical (unpaired) electrons. The van der Waals surface area contributed by atoms with Crippen molar-refractivity contribution in [3.8, 4) is 11.5 Å². The van der Waals surface area contributed by atoms with Crippen LogP contribution in [-0.2, 0) is 4.74 Å². The molecule has 1 saturated heterocycles. The van der Waals surface area contributed by atoms with Crippen LogP contribution < -0.4 is 9.47 Å². The molecular weight excluding hydrogens is 339 g/mol. The van der Waals surface area contributed by atoms with Crippen LogP contribution in [0.3, 0.4) is 0 Å². The highest BCUT2D eigenvalue weighted by atomic mass is 19.4. The molecule has 0 unspecified atom stereocenters. The van der Waals surface area contributed by atoms with Crippen LogP contribution >= 0.6 is 0 Å². The summed E-state index contributed by atoms with van der Waals surface area (Å²) in [6, 6.07) is 5.43. The summed E-state index contributed by atoms with van der Waals surface area (Å²) in [5.41, 5.74) is -0.552. The van der Waals surface area contributed by atoms with Crippen molar-refractivity contribution >= 4 is 6.09 Å². The summed E-state index contributed by atoms with van der Waals surface area (Å²) >= 11 is 0. The number of carbonyl (C=O) groups excluding carboxylic acids is 1. The highest BCUT2D eigenvalue weighted by Gasteiger charge is 2.31. The molecule has 5 nitrogen and oxygen atoms in total. The van der Waals surface area contributed by atoms with Gasteiger partial charge in [0.05, 0.1) is 0 Å². The number of alkyl halides is 3. The van der Waals surface area contributed by atoms with Crippen molar-refractivity contribution in [2.75, 3.05) is 13.1 Å². The fraction of sp³-hybridized carbons (Fsp3) is 0.588. The van der Waals surface area contributed by atoms with Crippen molar-refractivity contribution < 1.29 is 32.2 Å². The van der Waals surface area contributed by atoms with Crippen LogP contribution in [0.2, 0.25) is 0 Å². The molecule has 1 aromatic carbocycles. The molecule has 1 amide bonds. The van der Waals surface area contributed by atoms with Crippen LogP contribution in [0.1, 0.15) is 33.6 Å². The van der Waals surface area contributed by atoms with E-state index in [1.807, 2.05) is 0 Å². The van der Waals surface area contributed by atoms with Gasteiger partial charge in [0.1, 0.15) is 23.2 Å². The second kappa shape index (κ2) is 7.41. The Hall–Kier alpha value is -2.12. The van der Waals surface area contributed by atoms with Gasteiger partial charge in [0.2, 0.25) is 0 Å². The van der Waals surface area contributed by atoms with E-state index in [9.17, 15) is 18.0 Å². The number of amides is 1. The van der Waals surface area contributed by atoms with Gasteiger partial charge in [0.15, 0.2) is 0 Å². The van der Waals surface area contributed by atoms with Gasteiger partial charge in [-0.1, -0.05) is 6.07 Å². The third-order valence-corrected chi connectivity index (χ3v) is 3.44.